The van der Waals surface area contributed by atoms with Gasteiger partial charge >= 0.3 is 0 Å². The number of carbonyl (C=O) groups excluding carboxylic acids is 1. The molecule has 0 heterocycles. The minimum atomic E-state index is -0.0853. The van der Waals surface area contributed by atoms with Crippen molar-refractivity contribution in [1.29, 1.82) is 0 Å². The van der Waals surface area contributed by atoms with Gasteiger partial charge in [-0.05, 0) is 66.5 Å². The number of hydrogen-bond donors (Lipinski definition) is 0. The van der Waals surface area contributed by atoms with Crippen LogP contribution in [0.2, 0.25) is 0 Å². The van der Waals surface area contributed by atoms with E-state index in [1.165, 1.54) is 36.5 Å². The van der Waals surface area contributed by atoms with Crippen LogP contribution in [0.15, 0.2) is 53.0 Å². The second-order valence-electron chi connectivity index (χ2n) is 8.33. The van der Waals surface area contributed by atoms with Crippen LogP contribution in [0.4, 0.5) is 0 Å². The molecule has 0 aliphatic rings. The molecule has 0 fully saturated rings. The molecule has 0 amide bonds. The lowest BCUT2D eigenvalue weighted by atomic mass is 9.96. The van der Waals surface area contributed by atoms with Crippen LogP contribution in [0, 0.1) is 0 Å². The standard InChI is InChI=1S/C27H34BrNO/c1-4-6-10-16-29(17-11-7-5-2)20(3)27(30)22-15-14-21-19-26(28)24-13-9-8-12-23(24)25(21)18-22/h8-9,12-15,18-20H,4-7,10-11,16-17H2,1-3H3. The SMILES string of the molecule is CCCCCN(CCCCC)C(C)C(=O)c1ccc2cc(Br)c3ccccc3c2c1. The van der Waals surface area contributed by atoms with Crippen molar-refractivity contribution in [2.75, 3.05) is 13.1 Å². The summed E-state index contributed by atoms with van der Waals surface area (Å²) in [4.78, 5) is 15.8. The number of ketones is 1. The third kappa shape index (κ3) is 5.31. The maximum Gasteiger partial charge on any atom is 0.179 e. The van der Waals surface area contributed by atoms with Gasteiger partial charge in [-0.1, -0.05) is 91.9 Å². The summed E-state index contributed by atoms with van der Waals surface area (Å²) < 4.78 is 1.09. The third-order valence-corrected chi connectivity index (χ3v) is 6.78. The number of fused-ring (bicyclic) bond motifs is 3. The van der Waals surface area contributed by atoms with Crippen LogP contribution in [0.25, 0.3) is 21.5 Å². The number of hydrogen-bond acceptors (Lipinski definition) is 2. The van der Waals surface area contributed by atoms with Crippen molar-refractivity contribution in [1.82, 2.24) is 4.90 Å². The Labute approximate surface area is 189 Å². The lowest BCUT2D eigenvalue weighted by molar-refractivity contribution is 0.0832. The molecule has 0 saturated carbocycles. The highest BCUT2D eigenvalue weighted by Crippen LogP contribution is 2.32. The Hall–Kier alpha value is -1.71. The molecule has 3 rings (SSSR count). The number of carbonyl (C=O) groups is 1. The quantitative estimate of drug-likeness (QED) is 0.161. The molecule has 0 saturated heterocycles. The first-order valence-electron chi connectivity index (χ1n) is 11.5. The van der Waals surface area contributed by atoms with Crippen molar-refractivity contribution in [3.63, 3.8) is 0 Å². The fraction of sp³-hybridized carbons (Fsp3) is 0.444. The number of nitrogens with zero attached hydrogens (tertiary/aromatic N) is 1. The molecule has 0 aromatic heterocycles. The number of halogens is 1. The highest BCUT2D eigenvalue weighted by atomic mass is 79.9. The first-order chi connectivity index (χ1) is 14.6. The van der Waals surface area contributed by atoms with Gasteiger partial charge in [0.15, 0.2) is 5.78 Å². The average molecular weight is 468 g/mol. The maximum atomic E-state index is 13.4. The molecule has 3 aromatic rings. The first-order valence-corrected chi connectivity index (χ1v) is 12.2. The molecule has 1 atom stereocenters. The van der Waals surface area contributed by atoms with E-state index in [2.05, 4.69) is 84.1 Å². The highest BCUT2D eigenvalue weighted by molar-refractivity contribution is 9.10. The fourth-order valence-corrected chi connectivity index (χ4v) is 4.84. The van der Waals surface area contributed by atoms with E-state index in [-0.39, 0.29) is 11.8 Å². The molecule has 3 aromatic carbocycles. The minimum absolute atomic E-state index is 0.0853. The molecule has 0 bridgehead atoms. The van der Waals surface area contributed by atoms with Crippen LogP contribution in [-0.4, -0.2) is 29.8 Å². The van der Waals surface area contributed by atoms with E-state index in [1.807, 2.05) is 6.07 Å². The van der Waals surface area contributed by atoms with Crippen LogP contribution < -0.4 is 0 Å². The van der Waals surface area contributed by atoms with Crippen LogP contribution in [0.5, 0.6) is 0 Å². The van der Waals surface area contributed by atoms with E-state index in [4.69, 9.17) is 0 Å². The zero-order chi connectivity index (χ0) is 21.5. The predicted molar refractivity (Wildman–Crippen MR) is 134 cm³/mol. The Kier molecular flexibility index (Phi) is 8.47. The van der Waals surface area contributed by atoms with Gasteiger partial charge in [-0.2, -0.15) is 0 Å². The van der Waals surface area contributed by atoms with Crippen LogP contribution in [-0.2, 0) is 0 Å². The number of Topliss-reactive ketones (excluding diaryl/α,β-unsaturated/α-hetero) is 1. The summed E-state index contributed by atoms with van der Waals surface area (Å²) in [6, 6.07) is 16.6. The topological polar surface area (TPSA) is 20.3 Å². The van der Waals surface area contributed by atoms with Gasteiger partial charge in [0.2, 0.25) is 0 Å². The van der Waals surface area contributed by atoms with Gasteiger partial charge < -0.3 is 0 Å². The molecule has 0 radical (unpaired) electrons. The maximum absolute atomic E-state index is 13.4. The van der Waals surface area contributed by atoms with E-state index in [1.54, 1.807) is 0 Å². The van der Waals surface area contributed by atoms with Crippen molar-refractivity contribution in [3.8, 4) is 0 Å². The van der Waals surface area contributed by atoms with Crippen LogP contribution in [0.3, 0.4) is 0 Å². The molecule has 1 unspecified atom stereocenters. The average Bonchev–Trinajstić information content (AvgIpc) is 2.77. The molecule has 0 aliphatic heterocycles. The lowest BCUT2D eigenvalue weighted by Crippen LogP contribution is -2.40. The van der Waals surface area contributed by atoms with Gasteiger partial charge in [0, 0.05) is 10.0 Å². The zero-order valence-electron chi connectivity index (χ0n) is 18.6. The normalized spacial score (nSPS) is 12.7. The molecular formula is C27H34BrNO. The summed E-state index contributed by atoms with van der Waals surface area (Å²) in [5.74, 6) is 0.233. The molecule has 0 aliphatic carbocycles. The summed E-state index contributed by atoms with van der Waals surface area (Å²) >= 11 is 3.69. The Morgan fingerprint density at radius 1 is 0.867 bits per heavy atom. The summed E-state index contributed by atoms with van der Waals surface area (Å²) in [6.45, 7) is 8.56. The Balaban J connectivity index is 1.89. The van der Waals surface area contributed by atoms with E-state index >= 15 is 0 Å². The van der Waals surface area contributed by atoms with Crippen molar-refractivity contribution < 1.29 is 4.79 Å². The van der Waals surface area contributed by atoms with Crippen molar-refractivity contribution in [3.05, 3.63) is 58.6 Å². The van der Waals surface area contributed by atoms with Crippen LogP contribution >= 0.6 is 15.9 Å². The number of benzene rings is 3. The Morgan fingerprint density at radius 2 is 1.50 bits per heavy atom. The van der Waals surface area contributed by atoms with Crippen molar-refractivity contribution >= 4 is 43.3 Å². The Bertz CT molecular complexity index is 987. The highest BCUT2D eigenvalue weighted by Gasteiger charge is 2.22. The van der Waals surface area contributed by atoms with Crippen LogP contribution in [0.1, 0.15) is 69.7 Å². The van der Waals surface area contributed by atoms with E-state index < -0.39 is 0 Å². The summed E-state index contributed by atoms with van der Waals surface area (Å²) in [7, 11) is 0. The molecule has 0 spiro atoms. The summed E-state index contributed by atoms with van der Waals surface area (Å²) in [5, 5.41) is 4.68. The molecule has 160 valence electrons. The molecule has 0 N–H and O–H groups in total. The van der Waals surface area contributed by atoms with Crippen molar-refractivity contribution in [2.24, 2.45) is 0 Å². The second kappa shape index (κ2) is 11.1. The fourth-order valence-electron chi connectivity index (χ4n) is 4.25. The summed E-state index contributed by atoms with van der Waals surface area (Å²) in [5.41, 5.74) is 0.818. The molecular weight excluding hydrogens is 434 g/mol. The van der Waals surface area contributed by atoms with E-state index in [9.17, 15) is 4.79 Å². The third-order valence-electron chi connectivity index (χ3n) is 6.12. The van der Waals surface area contributed by atoms with Gasteiger partial charge in [-0.15, -0.1) is 0 Å². The summed E-state index contributed by atoms with van der Waals surface area (Å²) in [6.07, 6.45) is 7.19. The number of rotatable bonds is 11. The van der Waals surface area contributed by atoms with Gasteiger partial charge in [0.05, 0.1) is 6.04 Å². The van der Waals surface area contributed by atoms with Gasteiger partial charge in [-0.25, -0.2) is 0 Å². The van der Waals surface area contributed by atoms with Gasteiger partial charge in [0.1, 0.15) is 0 Å². The first kappa shape index (κ1) is 23.0. The van der Waals surface area contributed by atoms with E-state index in [0.29, 0.717) is 0 Å². The zero-order valence-corrected chi connectivity index (χ0v) is 20.2. The molecule has 3 heteroatoms. The van der Waals surface area contributed by atoms with Gasteiger partial charge in [0.25, 0.3) is 0 Å². The number of unbranched alkanes of at least 4 members (excludes halogenated alkanes) is 4. The molecule has 2 nitrogen and oxygen atoms in total. The van der Waals surface area contributed by atoms with Crippen molar-refractivity contribution in [2.45, 2.75) is 65.3 Å². The predicted octanol–water partition coefficient (Wildman–Crippen LogP) is 8.01. The lowest BCUT2D eigenvalue weighted by Gasteiger charge is -2.28. The van der Waals surface area contributed by atoms with E-state index in [0.717, 1.165) is 46.7 Å². The van der Waals surface area contributed by atoms with Gasteiger partial charge in [-0.3, -0.25) is 9.69 Å². The Morgan fingerprint density at radius 3 is 2.13 bits per heavy atom. The minimum Gasteiger partial charge on any atom is -0.294 e. The smallest absolute Gasteiger partial charge is 0.179 e. The molecule has 30 heavy (non-hydrogen) atoms. The monoisotopic (exact) mass is 467 g/mol. The second-order valence-corrected chi connectivity index (χ2v) is 9.18. The largest absolute Gasteiger partial charge is 0.294 e.